The molecule has 0 spiro atoms. The maximum atomic E-state index is 10.8. The second-order valence-electron chi connectivity index (χ2n) is 5.19. The molecule has 1 aromatic heterocycles. The molecule has 1 rings (SSSR count). The first-order chi connectivity index (χ1) is 8.82. The maximum Gasteiger partial charge on any atom is 0.305 e. The quantitative estimate of drug-likeness (QED) is 0.701. The third-order valence-corrected chi connectivity index (χ3v) is 2.45. The third-order valence-electron chi connectivity index (χ3n) is 2.45. The molecule has 6 nitrogen and oxygen atoms in total. The molecule has 0 aliphatic rings. The van der Waals surface area contributed by atoms with Gasteiger partial charge in [-0.3, -0.25) is 4.79 Å². The summed E-state index contributed by atoms with van der Waals surface area (Å²) in [5, 5.41) is 15.2. The van der Waals surface area contributed by atoms with Gasteiger partial charge in [-0.1, -0.05) is 6.92 Å². The fourth-order valence-corrected chi connectivity index (χ4v) is 1.74. The summed E-state index contributed by atoms with van der Waals surface area (Å²) in [5.41, 5.74) is -0.561. The number of hydrogen-bond donors (Lipinski definition) is 3. The second kappa shape index (κ2) is 6.36. The van der Waals surface area contributed by atoms with Crippen molar-refractivity contribution in [2.24, 2.45) is 0 Å². The van der Waals surface area contributed by atoms with Crippen LogP contribution in [0.5, 0.6) is 0 Å². The lowest BCUT2D eigenvalue weighted by molar-refractivity contribution is -0.137. The number of aliphatic carboxylic acids is 1. The van der Waals surface area contributed by atoms with Gasteiger partial charge in [0.05, 0.1) is 6.42 Å². The zero-order chi connectivity index (χ0) is 14.5. The normalized spacial score (nSPS) is 11.2. The molecule has 0 amide bonds. The molecule has 0 aromatic carbocycles. The van der Waals surface area contributed by atoms with Crippen molar-refractivity contribution in [1.29, 1.82) is 0 Å². The van der Waals surface area contributed by atoms with Crippen molar-refractivity contribution in [3.8, 4) is 0 Å². The van der Waals surface area contributed by atoms with Crippen LogP contribution in [0.4, 0.5) is 11.6 Å². The van der Waals surface area contributed by atoms with Gasteiger partial charge in [0.15, 0.2) is 0 Å². The summed E-state index contributed by atoms with van der Waals surface area (Å²) in [4.78, 5) is 19.4. The maximum absolute atomic E-state index is 10.8. The number of carbonyl (C=O) groups is 1. The van der Waals surface area contributed by atoms with E-state index in [1.807, 2.05) is 20.8 Å². The van der Waals surface area contributed by atoms with E-state index in [-0.39, 0.29) is 6.42 Å². The lowest BCUT2D eigenvalue weighted by Gasteiger charge is -2.25. The molecule has 0 unspecified atom stereocenters. The van der Waals surface area contributed by atoms with Gasteiger partial charge in [0.1, 0.15) is 17.5 Å². The molecular formula is C13H22N4O2. The Balaban J connectivity index is 2.82. The number of carboxylic acid groups (broad SMARTS) is 1. The average molecular weight is 266 g/mol. The first-order valence-corrected chi connectivity index (χ1v) is 6.42. The van der Waals surface area contributed by atoms with Crippen molar-refractivity contribution in [3.63, 3.8) is 0 Å². The highest BCUT2D eigenvalue weighted by molar-refractivity contribution is 5.69. The van der Waals surface area contributed by atoms with Gasteiger partial charge in [0.2, 0.25) is 0 Å². The number of aryl methyl sites for hydroxylation is 1. The molecule has 0 aliphatic heterocycles. The molecule has 0 bridgehead atoms. The van der Waals surface area contributed by atoms with Crippen molar-refractivity contribution in [2.45, 2.75) is 46.1 Å². The van der Waals surface area contributed by atoms with Crippen molar-refractivity contribution in [1.82, 2.24) is 9.97 Å². The summed E-state index contributed by atoms with van der Waals surface area (Å²) in [5.74, 6) is 1.20. The van der Waals surface area contributed by atoms with Crippen LogP contribution >= 0.6 is 0 Å². The van der Waals surface area contributed by atoms with Crippen molar-refractivity contribution in [2.75, 3.05) is 17.2 Å². The van der Waals surface area contributed by atoms with E-state index in [0.717, 1.165) is 18.8 Å². The van der Waals surface area contributed by atoms with E-state index in [1.54, 1.807) is 6.07 Å². The largest absolute Gasteiger partial charge is 0.481 e. The lowest BCUT2D eigenvalue weighted by atomic mass is 10.0. The van der Waals surface area contributed by atoms with Crippen molar-refractivity contribution < 1.29 is 9.90 Å². The lowest BCUT2D eigenvalue weighted by Crippen LogP contribution is -2.34. The van der Waals surface area contributed by atoms with Crippen LogP contribution in [0.25, 0.3) is 0 Å². The fraction of sp³-hybridized carbons (Fsp3) is 0.615. The third kappa shape index (κ3) is 5.54. The zero-order valence-electron chi connectivity index (χ0n) is 11.9. The van der Waals surface area contributed by atoms with Gasteiger partial charge in [-0.25, -0.2) is 9.97 Å². The van der Waals surface area contributed by atoms with E-state index in [1.165, 1.54) is 0 Å². The standard InChI is InChI=1S/C13H22N4O2/c1-5-6-14-10-7-11(16-9(2)15-10)17-13(3,4)8-12(18)19/h7H,5-6,8H2,1-4H3,(H,18,19)(H2,14,15,16,17). The fourth-order valence-electron chi connectivity index (χ4n) is 1.74. The molecule has 0 saturated carbocycles. The molecular weight excluding hydrogens is 244 g/mol. The van der Waals surface area contributed by atoms with Crippen LogP contribution in [0, 0.1) is 6.92 Å². The Morgan fingerprint density at radius 2 is 2.00 bits per heavy atom. The predicted molar refractivity (Wildman–Crippen MR) is 75.5 cm³/mol. The monoisotopic (exact) mass is 266 g/mol. The minimum absolute atomic E-state index is 0.0216. The molecule has 0 aliphatic carbocycles. The molecule has 3 N–H and O–H groups in total. The Morgan fingerprint density at radius 1 is 1.37 bits per heavy atom. The van der Waals surface area contributed by atoms with Gasteiger partial charge in [-0.05, 0) is 27.2 Å². The highest BCUT2D eigenvalue weighted by Crippen LogP contribution is 2.18. The molecule has 0 fully saturated rings. The number of nitrogens with one attached hydrogen (secondary N) is 2. The molecule has 106 valence electrons. The van der Waals surface area contributed by atoms with E-state index >= 15 is 0 Å². The highest BCUT2D eigenvalue weighted by Gasteiger charge is 2.22. The van der Waals surface area contributed by atoms with Gasteiger partial charge in [-0.15, -0.1) is 0 Å². The minimum atomic E-state index is -0.840. The van der Waals surface area contributed by atoms with Crippen LogP contribution in [-0.2, 0) is 4.79 Å². The molecule has 1 heterocycles. The Bertz CT molecular complexity index is 446. The Hall–Kier alpha value is -1.85. The first-order valence-electron chi connectivity index (χ1n) is 6.42. The molecule has 6 heteroatoms. The molecule has 1 aromatic rings. The number of nitrogens with zero attached hydrogens (tertiary/aromatic N) is 2. The summed E-state index contributed by atoms with van der Waals surface area (Å²) >= 11 is 0. The van der Waals surface area contributed by atoms with Gasteiger partial charge in [0, 0.05) is 18.2 Å². The van der Waals surface area contributed by atoms with Crippen LogP contribution < -0.4 is 10.6 Å². The summed E-state index contributed by atoms with van der Waals surface area (Å²) in [7, 11) is 0. The van der Waals surface area contributed by atoms with E-state index in [4.69, 9.17) is 5.11 Å². The highest BCUT2D eigenvalue weighted by atomic mass is 16.4. The van der Waals surface area contributed by atoms with E-state index in [9.17, 15) is 4.79 Å². The Kier molecular flexibility index (Phi) is 5.09. The zero-order valence-corrected chi connectivity index (χ0v) is 11.9. The molecule has 19 heavy (non-hydrogen) atoms. The summed E-state index contributed by atoms with van der Waals surface area (Å²) in [6, 6.07) is 1.80. The first kappa shape index (κ1) is 15.2. The molecule has 0 radical (unpaired) electrons. The number of rotatable bonds is 7. The van der Waals surface area contributed by atoms with Gasteiger partial charge in [0.25, 0.3) is 0 Å². The number of aromatic nitrogens is 2. The van der Waals surface area contributed by atoms with E-state index in [0.29, 0.717) is 11.6 Å². The van der Waals surface area contributed by atoms with Crippen LogP contribution in [0.15, 0.2) is 6.07 Å². The Labute approximate surface area is 113 Å². The minimum Gasteiger partial charge on any atom is -0.481 e. The summed E-state index contributed by atoms with van der Waals surface area (Å²) in [6.45, 7) is 8.40. The van der Waals surface area contributed by atoms with Crippen LogP contribution in [-0.4, -0.2) is 33.1 Å². The van der Waals surface area contributed by atoms with Crippen LogP contribution in [0.3, 0.4) is 0 Å². The van der Waals surface area contributed by atoms with Crippen LogP contribution in [0.2, 0.25) is 0 Å². The summed E-state index contributed by atoms with van der Waals surface area (Å²) < 4.78 is 0. The predicted octanol–water partition coefficient (Wildman–Crippen LogP) is 2.27. The second-order valence-corrected chi connectivity index (χ2v) is 5.19. The van der Waals surface area contributed by atoms with Crippen molar-refractivity contribution >= 4 is 17.6 Å². The van der Waals surface area contributed by atoms with Gasteiger partial charge < -0.3 is 15.7 Å². The average Bonchev–Trinajstić information content (AvgIpc) is 2.22. The smallest absolute Gasteiger partial charge is 0.305 e. The molecule has 0 saturated heterocycles. The number of carboxylic acids is 1. The van der Waals surface area contributed by atoms with Crippen molar-refractivity contribution in [3.05, 3.63) is 11.9 Å². The van der Waals surface area contributed by atoms with Gasteiger partial charge >= 0.3 is 5.97 Å². The Morgan fingerprint density at radius 3 is 2.58 bits per heavy atom. The van der Waals surface area contributed by atoms with E-state index < -0.39 is 11.5 Å². The van der Waals surface area contributed by atoms with Crippen LogP contribution in [0.1, 0.15) is 39.4 Å². The van der Waals surface area contributed by atoms with Gasteiger partial charge in [-0.2, -0.15) is 0 Å². The summed E-state index contributed by atoms with van der Waals surface area (Å²) in [6.07, 6.45) is 1.03. The van der Waals surface area contributed by atoms with E-state index in [2.05, 4.69) is 27.5 Å². The topological polar surface area (TPSA) is 87.1 Å². The molecule has 0 atom stereocenters. The SMILES string of the molecule is CCCNc1cc(NC(C)(C)CC(=O)O)nc(C)n1. The number of hydrogen-bond acceptors (Lipinski definition) is 5. The number of anilines is 2.